The van der Waals surface area contributed by atoms with Gasteiger partial charge in [0.05, 0.1) is 24.3 Å². The summed E-state index contributed by atoms with van der Waals surface area (Å²) in [5.41, 5.74) is -1.15. The van der Waals surface area contributed by atoms with Gasteiger partial charge in [0, 0.05) is 0 Å². The molecule has 0 aliphatic carbocycles. The number of hydrogen-bond acceptors (Lipinski definition) is 2. The van der Waals surface area contributed by atoms with E-state index in [4.69, 9.17) is 6.42 Å². The molecule has 0 saturated heterocycles. The molecule has 1 aromatic rings. The van der Waals surface area contributed by atoms with Crippen LogP contribution in [-0.4, -0.2) is 19.0 Å². The van der Waals surface area contributed by atoms with Crippen molar-refractivity contribution in [3.8, 4) is 12.3 Å². The lowest BCUT2D eigenvalue weighted by Gasteiger charge is -2.13. The summed E-state index contributed by atoms with van der Waals surface area (Å²) >= 11 is 0. The molecule has 0 heterocycles. The number of anilines is 1. The Morgan fingerprint density at radius 1 is 1.33 bits per heavy atom. The molecule has 0 fully saturated rings. The first-order valence-electron chi connectivity index (χ1n) is 5.05. The molecule has 0 atom stereocenters. The van der Waals surface area contributed by atoms with E-state index in [9.17, 15) is 18.0 Å². The average molecular weight is 256 g/mol. The Balaban J connectivity index is 2.73. The summed E-state index contributed by atoms with van der Waals surface area (Å²) in [5.74, 6) is 1.67. The second-order valence-corrected chi connectivity index (χ2v) is 3.40. The molecular formula is C12H11F3N2O. The molecule has 0 aromatic heterocycles. The van der Waals surface area contributed by atoms with E-state index in [0.29, 0.717) is 0 Å². The first-order valence-corrected chi connectivity index (χ1v) is 5.05. The maximum Gasteiger partial charge on any atom is 0.418 e. The van der Waals surface area contributed by atoms with Crippen LogP contribution in [-0.2, 0) is 11.0 Å². The standard InChI is InChI=1S/C12H11F3N2O/c1-2-7-16-8-11(18)17-10-6-4-3-5-9(10)12(13,14)15/h1,3-6,16H,7-8H2,(H,17,18). The van der Waals surface area contributed by atoms with Gasteiger partial charge in [-0.25, -0.2) is 0 Å². The van der Waals surface area contributed by atoms with Gasteiger partial charge < -0.3 is 5.32 Å². The molecule has 96 valence electrons. The van der Waals surface area contributed by atoms with Gasteiger partial charge in [0.25, 0.3) is 0 Å². The summed E-state index contributed by atoms with van der Waals surface area (Å²) in [6.45, 7) is 0.0325. The fourth-order valence-corrected chi connectivity index (χ4v) is 1.28. The first-order chi connectivity index (χ1) is 8.45. The van der Waals surface area contributed by atoms with Crippen molar-refractivity contribution >= 4 is 11.6 Å². The summed E-state index contributed by atoms with van der Waals surface area (Å²) in [6.07, 6.45) is 0.452. The SMILES string of the molecule is C#CCNCC(=O)Nc1ccccc1C(F)(F)F. The van der Waals surface area contributed by atoms with Crippen LogP contribution in [0.2, 0.25) is 0 Å². The van der Waals surface area contributed by atoms with Crippen molar-refractivity contribution in [2.24, 2.45) is 0 Å². The lowest BCUT2D eigenvalue weighted by molar-refractivity contribution is -0.137. The molecule has 0 bridgehead atoms. The van der Waals surface area contributed by atoms with Crippen LogP contribution in [0.25, 0.3) is 0 Å². The molecule has 6 heteroatoms. The molecule has 1 rings (SSSR count). The van der Waals surface area contributed by atoms with Gasteiger partial charge in [-0.1, -0.05) is 18.1 Å². The normalized spacial score (nSPS) is 10.8. The van der Waals surface area contributed by atoms with Crippen LogP contribution >= 0.6 is 0 Å². The molecule has 0 unspecified atom stereocenters. The second kappa shape index (κ2) is 6.07. The van der Waals surface area contributed by atoms with E-state index in [1.165, 1.54) is 18.2 Å². The Bertz CT molecular complexity index is 463. The molecule has 3 nitrogen and oxygen atoms in total. The van der Waals surface area contributed by atoms with Crippen LogP contribution in [0, 0.1) is 12.3 Å². The molecule has 0 aliphatic heterocycles. The summed E-state index contributed by atoms with van der Waals surface area (Å²) < 4.78 is 37.8. The molecule has 0 saturated carbocycles. The molecule has 0 aliphatic rings. The van der Waals surface area contributed by atoms with E-state index in [0.717, 1.165) is 6.07 Å². The van der Waals surface area contributed by atoms with Gasteiger partial charge in [0.1, 0.15) is 0 Å². The van der Waals surface area contributed by atoms with Gasteiger partial charge in [-0.2, -0.15) is 13.2 Å². The highest BCUT2D eigenvalue weighted by molar-refractivity contribution is 5.93. The zero-order valence-electron chi connectivity index (χ0n) is 9.34. The topological polar surface area (TPSA) is 41.1 Å². The minimum Gasteiger partial charge on any atom is -0.324 e. The van der Waals surface area contributed by atoms with Crippen LogP contribution in [0.15, 0.2) is 24.3 Å². The average Bonchev–Trinajstić information content (AvgIpc) is 2.28. The van der Waals surface area contributed by atoms with Gasteiger partial charge >= 0.3 is 6.18 Å². The highest BCUT2D eigenvalue weighted by Crippen LogP contribution is 2.34. The van der Waals surface area contributed by atoms with Gasteiger partial charge in [-0.05, 0) is 12.1 Å². The second-order valence-electron chi connectivity index (χ2n) is 3.40. The number of para-hydroxylation sites is 1. The van der Waals surface area contributed by atoms with Crippen LogP contribution in [0.1, 0.15) is 5.56 Å². The minimum atomic E-state index is -4.50. The Morgan fingerprint density at radius 2 is 2.00 bits per heavy atom. The van der Waals surface area contributed by atoms with Crippen molar-refractivity contribution in [2.75, 3.05) is 18.4 Å². The third-order valence-electron chi connectivity index (χ3n) is 2.02. The number of terminal acetylenes is 1. The van der Waals surface area contributed by atoms with Crippen molar-refractivity contribution in [3.05, 3.63) is 29.8 Å². The summed E-state index contributed by atoms with van der Waals surface area (Å²) in [6, 6.07) is 4.78. The summed E-state index contributed by atoms with van der Waals surface area (Å²) in [4.78, 5) is 11.4. The van der Waals surface area contributed by atoms with E-state index < -0.39 is 17.6 Å². The number of benzene rings is 1. The predicted octanol–water partition coefficient (Wildman–Crippen LogP) is 1.87. The fraction of sp³-hybridized carbons (Fsp3) is 0.250. The molecule has 0 spiro atoms. The Labute approximate surface area is 102 Å². The van der Waals surface area contributed by atoms with E-state index in [2.05, 4.69) is 16.6 Å². The number of carbonyl (C=O) groups is 1. The molecular weight excluding hydrogens is 245 g/mol. The predicted molar refractivity (Wildman–Crippen MR) is 61.8 cm³/mol. The van der Waals surface area contributed by atoms with Crippen molar-refractivity contribution in [3.63, 3.8) is 0 Å². The van der Waals surface area contributed by atoms with E-state index in [1.54, 1.807) is 0 Å². The number of alkyl halides is 3. The van der Waals surface area contributed by atoms with E-state index in [1.807, 2.05) is 0 Å². The van der Waals surface area contributed by atoms with Crippen LogP contribution in [0.4, 0.5) is 18.9 Å². The largest absolute Gasteiger partial charge is 0.418 e. The monoisotopic (exact) mass is 256 g/mol. The van der Waals surface area contributed by atoms with Gasteiger partial charge in [0.2, 0.25) is 5.91 Å². The zero-order chi connectivity index (χ0) is 13.6. The van der Waals surface area contributed by atoms with Gasteiger partial charge in [-0.3, -0.25) is 10.1 Å². The Hall–Kier alpha value is -2.00. The maximum absolute atomic E-state index is 12.6. The molecule has 0 radical (unpaired) electrons. The number of halogens is 3. The zero-order valence-corrected chi connectivity index (χ0v) is 9.34. The molecule has 18 heavy (non-hydrogen) atoms. The number of hydrogen-bond donors (Lipinski definition) is 2. The van der Waals surface area contributed by atoms with Crippen molar-refractivity contribution in [2.45, 2.75) is 6.18 Å². The van der Waals surface area contributed by atoms with Crippen molar-refractivity contribution in [1.82, 2.24) is 5.32 Å². The summed E-state index contributed by atoms with van der Waals surface area (Å²) in [5, 5.41) is 4.77. The number of amides is 1. The van der Waals surface area contributed by atoms with Crippen molar-refractivity contribution in [1.29, 1.82) is 0 Å². The Kier molecular flexibility index (Phi) is 4.75. The van der Waals surface area contributed by atoms with Crippen LogP contribution in [0.3, 0.4) is 0 Å². The molecule has 1 aromatic carbocycles. The molecule has 2 N–H and O–H groups in total. The lowest BCUT2D eigenvalue weighted by atomic mass is 10.1. The van der Waals surface area contributed by atoms with Crippen LogP contribution < -0.4 is 10.6 Å². The minimum absolute atomic E-state index is 0.142. The smallest absolute Gasteiger partial charge is 0.324 e. The number of rotatable bonds is 4. The third kappa shape index (κ3) is 4.11. The number of nitrogens with one attached hydrogen (secondary N) is 2. The molecule has 1 amide bonds. The lowest BCUT2D eigenvalue weighted by Crippen LogP contribution is -2.29. The quantitative estimate of drug-likeness (QED) is 0.637. The van der Waals surface area contributed by atoms with Crippen molar-refractivity contribution < 1.29 is 18.0 Å². The maximum atomic E-state index is 12.6. The van der Waals surface area contributed by atoms with E-state index in [-0.39, 0.29) is 18.8 Å². The first kappa shape index (κ1) is 14.1. The highest BCUT2D eigenvalue weighted by Gasteiger charge is 2.33. The third-order valence-corrected chi connectivity index (χ3v) is 2.02. The van der Waals surface area contributed by atoms with E-state index >= 15 is 0 Å². The fourth-order valence-electron chi connectivity index (χ4n) is 1.28. The summed E-state index contributed by atoms with van der Waals surface area (Å²) in [7, 11) is 0. The Morgan fingerprint density at radius 3 is 2.61 bits per heavy atom. The van der Waals surface area contributed by atoms with Gasteiger partial charge in [0.15, 0.2) is 0 Å². The number of carbonyl (C=O) groups excluding carboxylic acids is 1. The van der Waals surface area contributed by atoms with Gasteiger partial charge in [-0.15, -0.1) is 6.42 Å². The van der Waals surface area contributed by atoms with Crippen LogP contribution in [0.5, 0.6) is 0 Å². The highest BCUT2D eigenvalue weighted by atomic mass is 19.4.